The molecule has 0 saturated carbocycles. The molecule has 1 atom stereocenters. The number of ether oxygens (including phenoxy) is 1. The molecule has 1 aromatic heterocycles. The van der Waals surface area contributed by atoms with Gasteiger partial charge in [-0.05, 0) is 6.07 Å². The van der Waals surface area contributed by atoms with Crippen molar-refractivity contribution in [3.05, 3.63) is 47.6 Å². The summed E-state index contributed by atoms with van der Waals surface area (Å²) in [5, 5.41) is 18.9. The number of benzene rings is 1. The highest BCUT2D eigenvalue weighted by Crippen LogP contribution is 2.29. The van der Waals surface area contributed by atoms with E-state index in [9.17, 15) is 14.4 Å². The number of anilines is 2. The minimum Gasteiger partial charge on any atom is -0.595 e. The van der Waals surface area contributed by atoms with Gasteiger partial charge in [-0.3, -0.25) is 9.69 Å². The molecule has 0 aliphatic heterocycles. The average Bonchev–Trinajstić information content (AvgIpc) is 2.46. The summed E-state index contributed by atoms with van der Waals surface area (Å²) in [6, 6.07) is 6.30. The van der Waals surface area contributed by atoms with Gasteiger partial charge in [0.1, 0.15) is 17.4 Å². The van der Waals surface area contributed by atoms with Crippen LogP contribution in [-0.4, -0.2) is 23.2 Å². The number of halogens is 1. The lowest BCUT2D eigenvalue weighted by Crippen LogP contribution is -2.99. The molecule has 0 aliphatic carbocycles. The van der Waals surface area contributed by atoms with Gasteiger partial charge in [0, 0.05) is 37.4 Å². The summed E-state index contributed by atoms with van der Waals surface area (Å²) in [4.78, 5) is 17.0. The number of hydrogen-bond donors (Lipinski definition) is 2. The smallest absolute Gasteiger partial charge is 0.229 e. The Bertz CT molecular complexity index is 694. The van der Waals surface area contributed by atoms with Crippen LogP contribution in [-0.2, 0) is 4.79 Å². The van der Waals surface area contributed by atoms with E-state index in [1.54, 1.807) is 0 Å². The third-order valence-corrected chi connectivity index (χ3v) is 2.89. The number of aromatic nitrogens is 1. The second-order valence-electron chi connectivity index (χ2n) is 4.41. The molecule has 0 bridgehead atoms. The maximum absolute atomic E-state index is 13.6. The topological polar surface area (TPSA) is 90.2 Å². The number of quaternary nitrogens is 1. The molecule has 0 fully saturated rings. The van der Waals surface area contributed by atoms with Crippen LogP contribution in [0.3, 0.4) is 0 Å². The first kappa shape index (κ1) is 15.8. The summed E-state index contributed by atoms with van der Waals surface area (Å²) in [7, 11) is 1.37. The van der Waals surface area contributed by atoms with Gasteiger partial charge in [-0.2, -0.15) is 5.23 Å². The average molecular weight is 307 g/mol. The van der Waals surface area contributed by atoms with Gasteiger partial charge in [0.25, 0.3) is 0 Å². The van der Waals surface area contributed by atoms with Crippen LogP contribution in [0, 0.1) is 11.0 Å². The zero-order valence-electron chi connectivity index (χ0n) is 11.9. The molecule has 8 heteroatoms. The van der Waals surface area contributed by atoms with Crippen LogP contribution in [0.15, 0.2) is 36.5 Å². The minimum atomic E-state index is -1.15. The second-order valence-corrected chi connectivity index (χ2v) is 4.41. The zero-order chi connectivity index (χ0) is 16.3. The summed E-state index contributed by atoms with van der Waals surface area (Å²) in [5.41, 5.74) is 0.166. The number of methoxy groups -OCH3 is 1. The molecule has 2 rings (SSSR count). The molecule has 0 spiro atoms. The van der Waals surface area contributed by atoms with E-state index in [1.165, 1.54) is 44.5 Å². The van der Waals surface area contributed by atoms with E-state index >= 15 is 0 Å². The van der Waals surface area contributed by atoms with Crippen LogP contribution in [0.1, 0.15) is 6.92 Å². The maximum atomic E-state index is 13.6. The fraction of sp³-hybridized carbons (Fsp3) is 0.143. The number of nitrogens with zero attached hydrogens (tertiary/aromatic N) is 2. The Kier molecular flexibility index (Phi) is 4.66. The standard InChI is InChI=1S/C14H14FN3O4/c1-9(19)17(12-5-10(15)6-13(7-12)22-2)14-8-11(18(20)21)3-4-16-14/h3-8,18,20H,1-2H3. The third-order valence-electron chi connectivity index (χ3n) is 2.89. The van der Waals surface area contributed by atoms with Crippen LogP contribution in [0.25, 0.3) is 0 Å². The van der Waals surface area contributed by atoms with Gasteiger partial charge >= 0.3 is 0 Å². The van der Waals surface area contributed by atoms with Crippen LogP contribution >= 0.6 is 0 Å². The van der Waals surface area contributed by atoms with E-state index in [4.69, 9.17) is 9.94 Å². The Labute approximate surface area is 125 Å². The van der Waals surface area contributed by atoms with E-state index in [0.717, 1.165) is 11.0 Å². The fourth-order valence-electron chi connectivity index (χ4n) is 1.94. The molecule has 2 N–H and O–H groups in total. The molecular weight excluding hydrogens is 293 g/mol. The van der Waals surface area contributed by atoms with Crippen LogP contribution in [0.2, 0.25) is 0 Å². The van der Waals surface area contributed by atoms with E-state index in [1.807, 2.05) is 0 Å². The van der Waals surface area contributed by atoms with Crippen molar-refractivity contribution in [3.63, 3.8) is 0 Å². The Morgan fingerprint density at radius 1 is 1.41 bits per heavy atom. The normalized spacial score (nSPS) is 11.9. The number of carbonyl (C=O) groups excluding carboxylic acids is 1. The Morgan fingerprint density at radius 2 is 2.14 bits per heavy atom. The number of amides is 1. The monoisotopic (exact) mass is 307 g/mol. The van der Waals surface area contributed by atoms with E-state index in [0.29, 0.717) is 0 Å². The lowest BCUT2D eigenvalue weighted by Gasteiger charge is -2.22. The highest BCUT2D eigenvalue weighted by atomic mass is 19.1. The van der Waals surface area contributed by atoms with E-state index in [-0.39, 0.29) is 22.9 Å². The number of rotatable bonds is 4. The molecule has 1 heterocycles. The fourth-order valence-corrected chi connectivity index (χ4v) is 1.94. The Morgan fingerprint density at radius 3 is 2.73 bits per heavy atom. The molecule has 0 radical (unpaired) electrons. The maximum Gasteiger partial charge on any atom is 0.229 e. The molecule has 7 nitrogen and oxygen atoms in total. The lowest BCUT2D eigenvalue weighted by atomic mass is 10.2. The van der Waals surface area contributed by atoms with Crippen molar-refractivity contribution in [1.29, 1.82) is 0 Å². The first-order chi connectivity index (χ1) is 10.4. The quantitative estimate of drug-likeness (QED) is 0.831. The van der Waals surface area contributed by atoms with Crippen molar-refractivity contribution in [1.82, 2.24) is 4.98 Å². The van der Waals surface area contributed by atoms with Crippen LogP contribution in [0.4, 0.5) is 21.6 Å². The highest BCUT2D eigenvalue weighted by molar-refractivity contribution is 5.98. The van der Waals surface area contributed by atoms with Gasteiger partial charge in [0.2, 0.25) is 5.91 Å². The SMILES string of the molecule is COc1cc(F)cc(N(C(C)=O)c2cc([NH+]([O-])O)ccn2)c1. The van der Waals surface area contributed by atoms with Crippen molar-refractivity contribution in [2.75, 3.05) is 12.0 Å². The molecule has 0 saturated heterocycles. The van der Waals surface area contributed by atoms with Gasteiger partial charge < -0.3 is 9.94 Å². The molecule has 22 heavy (non-hydrogen) atoms. The largest absolute Gasteiger partial charge is 0.595 e. The van der Waals surface area contributed by atoms with Gasteiger partial charge in [-0.25, -0.2) is 14.6 Å². The summed E-state index contributed by atoms with van der Waals surface area (Å²) in [6.45, 7) is 1.27. The summed E-state index contributed by atoms with van der Waals surface area (Å²) < 4.78 is 18.6. The van der Waals surface area contributed by atoms with Crippen LogP contribution in [0.5, 0.6) is 5.75 Å². The van der Waals surface area contributed by atoms with E-state index < -0.39 is 17.0 Å². The van der Waals surface area contributed by atoms with Crippen LogP contribution < -0.4 is 14.9 Å². The van der Waals surface area contributed by atoms with E-state index in [2.05, 4.69) is 4.98 Å². The summed E-state index contributed by atoms with van der Waals surface area (Å²) in [6.07, 6.45) is 1.27. The minimum absolute atomic E-state index is 0.0281. The molecule has 116 valence electrons. The molecule has 2 aromatic rings. The molecule has 1 unspecified atom stereocenters. The van der Waals surface area contributed by atoms with Crippen molar-refractivity contribution >= 4 is 23.1 Å². The Hall–Kier alpha value is -2.55. The van der Waals surface area contributed by atoms with Gasteiger partial charge in [0.05, 0.1) is 12.8 Å². The molecule has 0 aliphatic rings. The number of carbonyl (C=O) groups is 1. The molecule has 1 aromatic carbocycles. The Balaban J connectivity index is 2.53. The lowest BCUT2D eigenvalue weighted by molar-refractivity contribution is -0.991. The van der Waals surface area contributed by atoms with Crippen molar-refractivity contribution < 1.29 is 24.4 Å². The zero-order valence-corrected chi connectivity index (χ0v) is 11.9. The number of hydrogen-bond acceptors (Lipinski definition) is 5. The first-order valence-electron chi connectivity index (χ1n) is 6.27. The van der Waals surface area contributed by atoms with Crippen molar-refractivity contribution in [3.8, 4) is 5.75 Å². The summed E-state index contributed by atoms with van der Waals surface area (Å²) in [5.74, 6) is -0.714. The summed E-state index contributed by atoms with van der Waals surface area (Å²) >= 11 is 0. The predicted octanol–water partition coefficient (Wildman–Crippen LogP) is 1.32. The van der Waals surface area contributed by atoms with Crippen molar-refractivity contribution in [2.45, 2.75) is 6.92 Å². The van der Waals surface area contributed by atoms with Gasteiger partial charge in [-0.1, -0.05) is 0 Å². The highest BCUT2D eigenvalue weighted by Gasteiger charge is 2.19. The third kappa shape index (κ3) is 3.37. The van der Waals surface area contributed by atoms with Crippen molar-refractivity contribution in [2.24, 2.45) is 0 Å². The molecular formula is C14H14FN3O4. The first-order valence-corrected chi connectivity index (χ1v) is 6.27. The second kappa shape index (κ2) is 6.48. The number of nitrogens with one attached hydrogen (secondary N) is 1. The predicted molar refractivity (Wildman–Crippen MR) is 75.8 cm³/mol. The van der Waals surface area contributed by atoms with Gasteiger partial charge in [0.15, 0.2) is 5.69 Å². The van der Waals surface area contributed by atoms with Gasteiger partial charge in [-0.15, -0.1) is 0 Å². The molecule has 1 amide bonds. The number of pyridine rings is 1.